The van der Waals surface area contributed by atoms with Crippen LogP contribution in [0, 0.1) is 0 Å². The number of aliphatic carboxylic acids is 1. The average molecular weight is 269 g/mol. The molecule has 0 fully saturated rings. The molecule has 0 bridgehead atoms. The first-order chi connectivity index (χ1) is 8.15. The van der Waals surface area contributed by atoms with Gasteiger partial charge in [0.15, 0.2) is 0 Å². The van der Waals surface area contributed by atoms with Crippen molar-refractivity contribution in [2.75, 3.05) is 0 Å². The van der Waals surface area contributed by atoms with Gasteiger partial charge in [-0.1, -0.05) is 35.1 Å². The number of hydrogen-bond donors (Lipinski definition) is 1. The quantitative estimate of drug-likeness (QED) is 0.926. The standard InChI is InChI=1S/C11H9ClN2O2S/c12-8-3-1-2-7(6-8)11-14-13-9(17-11)4-5-10(15)16/h1-3,6H,4-5H2,(H,15,16). The van der Waals surface area contributed by atoms with E-state index < -0.39 is 5.97 Å². The summed E-state index contributed by atoms with van der Waals surface area (Å²) in [5, 5.41) is 18.7. The van der Waals surface area contributed by atoms with E-state index in [1.165, 1.54) is 11.3 Å². The number of nitrogens with zero attached hydrogens (tertiary/aromatic N) is 2. The second-order valence-electron chi connectivity index (χ2n) is 3.41. The van der Waals surface area contributed by atoms with E-state index in [-0.39, 0.29) is 6.42 Å². The molecule has 1 N–H and O–H groups in total. The second-order valence-corrected chi connectivity index (χ2v) is 4.90. The van der Waals surface area contributed by atoms with Gasteiger partial charge in [-0.3, -0.25) is 4.79 Å². The third-order valence-corrected chi connectivity index (χ3v) is 3.36. The van der Waals surface area contributed by atoms with Crippen LogP contribution in [0.1, 0.15) is 11.4 Å². The number of benzene rings is 1. The SMILES string of the molecule is O=C(O)CCc1nnc(-c2cccc(Cl)c2)s1. The molecule has 1 heterocycles. The zero-order chi connectivity index (χ0) is 12.3. The number of hydrogen-bond acceptors (Lipinski definition) is 4. The minimum atomic E-state index is -0.829. The monoisotopic (exact) mass is 268 g/mol. The van der Waals surface area contributed by atoms with E-state index in [1.807, 2.05) is 18.2 Å². The van der Waals surface area contributed by atoms with Gasteiger partial charge in [0.1, 0.15) is 10.0 Å². The lowest BCUT2D eigenvalue weighted by atomic mass is 10.2. The molecule has 2 aromatic rings. The number of rotatable bonds is 4. The van der Waals surface area contributed by atoms with Crippen molar-refractivity contribution in [3.05, 3.63) is 34.3 Å². The van der Waals surface area contributed by atoms with Crippen molar-refractivity contribution in [2.45, 2.75) is 12.8 Å². The topological polar surface area (TPSA) is 63.1 Å². The van der Waals surface area contributed by atoms with Crippen LogP contribution in [0.25, 0.3) is 10.6 Å². The van der Waals surface area contributed by atoms with Crippen molar-refractivity contribution in [2.24, 2.45) is 0 Å². The molecule has 0 saturated heterocycles. The minimum Gasteiger partial charge on any atom is -0.481 e. The van der Waals surface area contributed by atoms with Crippen LogP contribution >= 0.6 is 22.9 Å². The van der Waals surface area contributed by atoms with Crippen LogP contribution < -0.4 is 0 Å². The molecule has 0 unspecified atom stereocenters. The van der Waals surface area contributed by atoms with Gasteiger partial charge < -0.3 is 5.11 Å². The molecule has 0 amide bonds. The lowest BCUT2D eigenvalue weighted by molar-refractivity contribution is -0.136. The first-order valence-corrected chi connectivity index (χ1v) is 6.15. The highest BCUT2D eigenvalue weighted by Gasteiger charge is 2.08. The Balaban J connectivity index is 2.15. The molecule has 0 spiro atoms. The number of carboxylic acids is 1. The van der Waals surface area contributed by atoms with Crippen molar-refractivity contribution >= 4 is 28.9 Å². The van der Waals surface area contributed by atoms with Crippen LogP contribution in [0.15, 0.2) is 24.3 Å². The summed E-state index contributed by atoms with van der Waals surface area (Å²) in [6.07, 6.45) is 0.484. The summed E-state index contributed by atoms with van der Waals surface area (Å²) < 4.78 is 0. The average Bonchev–Trinajstić information content (AvgIpc) is 2.75. The maximum absolute atomic E-state index is 10.4. The minimum absolute atomic E-state index is 0.0736. The highest BCUT2D eigenvalue weighted by atomic mass is 35.5. The van der Waals surface area contributed by atoms with Gasteiger partial charge in [0, 0.05) is 17.0 Å². The maximum atomic E-state index is 10.4. The molecule has 1 aromatic carbocycles. The summed E-state index contributed by atoms with van der Waals surface area (Å²) in [4.78, 5) is 10.4. The summed E-state index contributed by atoms with van der Waals surface area (Å²) in [7, 11) is 0. The Morgan fingerprint density at radius 1 is 1.41 bits per heavy atom. The molecular formula is C11H9ClN2O2S. The van der Waals surface area contributed by atoms with E-state index in [4.69, 9.17) is 16.7 Å². The summed E-state index contributed by atoms with van der Waals surface area (Å²) in [5.74, 6) is -0.829. The second kappa shape index (κ2) is 5.25. The van der Waals surface area contributed by atoms with E-state index in [0.717, 1.165) is 15.6 Å². The van der Waals surface area contributed by atoms with Crippen molar-refractivity contribution in [3.8, 4) is 10.6 Å². The molecule has 1 aromatic heterocycles. The van der Waals surface area contributed by atoms with Gasteiger partial charge in [0.25, 0.3) is 0 Å². The number of carboxylic acid groups (broad SMARTS) is 1. The van der Waals surface area contributed by atoms with Crippen molar-refractivity contribution in [3.63, 3.8) is 0 Å². The van der Waals surface area contributed by atoms with E-state index in [1.54, 1.807) is 6.07 Å². The molecule has 4 nitrogen and oxygen atoms in total. The maximum Gasteiger partial charge on any atom is 0.303 e. The van der Waals surface area contributed by atoms with Gasteiger partial charge >= 0.3 is 5.97 Å². The molecule has 0 radical (unpaired) electrons. The Labute approximate surface area is 107 Å². The van der Waals surface area contributed by atoms with E-state index in [0.29, 0.717) is 11.4 Å². The normalized spacial score (nSPS) is 10.4. The Morgan fingerprint density at radius 2 is 2.24 bits per heavy atom. The van der Waals surface area contributed by atoms with Gasteiger partial charge in [-0.2, -0.15) is 0 Å². The summed E-state index contributed by atoms with van der Waals surface area (Å²) in [6.45, 7) is 0. The Kier molecular flexibility index (Phi) is 3.71. The lowest BCUT2D eigenvalue weighted by Crippen LogP contribution is -1.96. The molecule has 0 aliphatic carbocycles. The highest BCUT2D eigenvalue weighted by Crippen LogP contribution is 2.26. The molecule has 0 aliphatic heterocycles. The van der Waals surface area contributed by atoms with E-state index >= 15 is 0 Å². The number of halogens is 1. The number of aromatic nitrogens is 2. The van der Waals surface area contributed by atoms with Gasteiger partial charge in [-0.25, -0.2) is 0 Å². The molecule has 88 valence electrons. The first-order valence-electron chi connectivity index (χ1n) is 4.95. The predicted molar refractivity (Wildman–Crippen MR) is 66.3 cm³/mol. The predicted octanol–water partition coefficient (Wildman–Crippen LogP) is 2.88. The fraction of sp³-hybridized carbons (Fsp3) is 0.182. The zero-order valence-electron chi connectivity index (χ0n) is 8.76. The zero-order valence-corrected chi connectivity index (χ0v) is 10.3. The van der Waals surface area contributed by atoms with Crippen molar-refractivity contribution in [1.29, 1.82) is 0 Å². The van der Waals surface area contributed by atoms with Crippen molar-refractivity contribution in [1.82, 2.24) is 10.2 Å². The summed E-state index contributed by atoms with van der Waals surface area (Å²) >= 11 is 7.28. The van der Waals surface area contributed by atoms with Crippen LogP contribution in [0.3, 0.4) is 0 Å². The molecule has 0 atom stereocenters. The van der Waals surface area contributed by atoms with Crippen LogP contribution in [0.4, 0.5) is 0 Å². The van der Waals surface area contributed by atoms with Gasteiger partial charge in [-0.15, -0.1) is 10.2 Å². The fourth-order valence-corrected chi connectivity index (χ4v) is 2.33. The van der Waals surface area contributed by atoms with Crippen LogP contribution in [-0.2, 0) is 11.2 Å². The molecule has 2 rings (SSSR count). The van der Waals surface area contributed by atoms with Gasteiger partial charge in [0.05, 0.1) is 6.42 Å². The van der Waals surface area contributed by atoms with Crippen LogP contribution in [0.2, 0.25) is 5.02 Å². The lowest BCUT2D eigenvalue weighted by Gasteiger charge is -1.94. The number of aryl methyl sites for hydroxylation is 1. The Bertz CT molecular complexity index is 542. The van der Waals surface area contributed by atoms with E-state index in [9.17, 15) is 4.79 Å². The number of carbonyl (C=O) groups is 1. The third-order valence-electron chi connectivity index (χ3n) is 2.09. The Hall–Kier alpha value is -1.46. The van der Waals surface area contributed by atoms with Gasteiger partial charge in [-0.05, 0) is 12.1 Å². The molecule has 0 aliphatic rings. The third kappa shape index (κ3) is 3.25. The smallest absolute Gasteiger partial charge is 0.303 e. The molecule has 0 saturated carbocycles. The summed E-state index contributed by atoms with van der Waals surface area (Å²) in [6, 6.07) is 7.34. The molecule has 6 heteroatoms. The van der Waals surface area contributed by atoms with Crippen LogP contribution in [0.5, 0.6) is 0 Å². The summed E-state index contributed by atoms with van der Waals surface area (Å²) in [5.41, 5.74) is 0.900. The molecular weight excluding hydrogens is 260 g/mol. The van der Waals surface area contributed by atoms with E-state index in [2.05, 4.69) is 10.2 Å². The Morgan fingerprint density at radius 3 is 2.94 bits per heavy atom. The van der Waals surface area contributed by atoms with Crippen molar-refractivity contribution < 1.29 is 9.90 Å². The first kappa shape index (κ1) is 12.0. The van der Waals surface area contributed by atoms with Gasteiger partial charge in [0.2, 0.25) is 0 Å². The van der Waals surface area contributed by atoms with Crippen LogP contribution in [-0.4, -0.2) is 21.3 Å². The fourth-order valence-electron chi connectivity index (χ4n) is 1.31. The largest absolute Gasteiger partial charge is 0.481 e. The molecule has 17 heavy (non-hydrogen) atoms. The highest BCUT2D eigenvalue weighted by molar-refractivity contribution is 7.14.